The molecule has 26 heavy (non-hydrogen) atoms. The lowest BCUT2D eigenvalue weighted by molar-refractivity contribution is 0.234. The molecular formula is C20H24BrN3O2. The minimum Gasteiger partial charge on any atom is -0.497 e. The summed E-state index contributed by atoms with van der Waals surface area (Å²) < 4.78 is 6.22. The van der Waals surface area contributed by atoms with Gasteiger partial charge in [0.2, 0.25) is 0 Å². The van der Waals surface area contributed by atoms with E-state index < -0.39 is 0 Å². The number of methoxy groups -OCH3 is 1. The molecule has 0 aliphatic carbocycles. The van der Waals surface area contributed by atoms with Crippen LogP contribution in [0.4, 0.5) is 10.5 Å². The van der Waals surface area contributed by atoms with Gasteiger partial charge in [0.05, 0.1) is 7.11 Å². The molecule has 138 valence electrons. The second kappa shape index (κ2) is 8.94. The van der Waals surface area contributed by atoms with Crippen molar-refractivity contribution in [2.24, 2.45) is 0 Å². The zero-order valence-corrected chi connectivity index (χ0v) is 16.5. The second-order valence-corrected chi connectivity index (χ2v) is 7.33. The van der Waals surface area contributed by atoms with Crippen LogP contribution in [0.15, 0.2) is 53.0 Å². The van der Waals surface area contributed by atoms with E-state index in [4.69, 9.17) is 4.74 Å². The smallest absolute Gasteiger partial charge is 0.315 e. The molecule has 6 heteroatoms. The normalized spacial score (nSPS) is 14.8. The van der Waals surface area contributed by atoms with Crippen molar-refractivity contribution >= 4 is 27.6 Å². The fraction of sp³-hybridized carbons (Fsp3) is 0.350. The van der Waals surface area contributed by atoms with Gasteiger partial charge in [-0.25, -0.2) is 4.79 Å². The zero-order chi connectivity index (χ0) is 18.4. The summed E-state index contributed by atoms with van der Waals surface area (Å²) >= 11 is 3.44. The number of carbonyl (C=O) groups is 1. The van der Waals surface area contributed by atoms with Gasteiger partial charge >= 0.3 is 6.03 Å². The highest BCUT2D eigenvalue weighted by molar-refractivity contribution is 9.10. The van der Waals surface area contributed by atoms with Gasteiger partial charge in [-0.3, -0.25) is 0 Å². The molecule has 0 bridgehead atoms. The van der Waals surface area contributed by atoms with Crippen molar-refractivity contribution in [2.75, 3.05) is 25.1 Å². The summed E-state index contributed by atoms with van der Waals surface area (Å²) in [5, 5.41) is 6.02. The van der Waals surface area contributed by atoms with Gasteiger partial charge in [-0.2, -0.15) is 0 Å². The van der Waals surface area contributed by atoms with E-state index in [1.807, 2.05) is 36.4 Å². The van der Waals surface area contributed by atoms with Crippen molar-refractivity contribution in [1.82, 2.24) is 10.6 Å². The van der Waals surface area contributed by atoms with E-state index in [9.17, 15) is 4.79 Å². The van der Waals surface area contributed by atoms with Crippen molar-refractivity contribution in [3.63, 3.8) is 0 Å². The first-order valence-corrected chi connectivity index (χ1v) is 9.61. The van der Waals surface area contributed by atoms with Crippen LogP contribution in [0.25, 0.3) is 0 Å². The first-order chi connectivity index (χ1) is 12.6. The largest absolute Gasteiger partial charge is 0.497 e. The Kier molecular flexibility index (Phi) is 6.39. The van der Waals surface area contributed by atoms with Crippen LogP contribution in [0.2, 0.25) is 0 Å². The monoisotopic (exact) mass is 417 g/mol. The van der Waals surface area contributed by atoms with Crippen LogP contribution in [0.1, 0.15) is 18.4 Å². The average Bonchev–Trinajstić information content (AvgIpc) is 2.67. The van der Waals surface area contributed by atoms with Gasteiger partial charge in [-0.05, 0) is 54.8 Å². The first kappa shape index (κ1) is 18.6. The van der Waals surface area contributed by atoms with Gasteiger partial charge in [-0.15, -0.1) is 0 Å². The van der Waals surface area contributed by atoms with Crippen molar-refractivity contribution in [3.05, 3.63) is 58.6 Å². The van der Waals surface area contributed by atoms with Crippen molar-refractivity contribution in [2.45, 2.75) is 25.4 Å². The third-order valence-corrected chi connectivity index (χ3v) is 5.10. The number of rotatable bonds is 5. The molecule has 1 fully saturated rings. The molecule has 1 aliphatic heterocycles. The molecule has 1 aliphatic rings. The van der Waals surface area contributed by atoms with Gasteiger partial charge in [0.1, 0.15) is 5.75 Å². The number of halogens is 1. The van der Waals surface area contributed by atoms with Gasteiger partial charge in [0, 0.05) is 35.8 Å². The predicted octanol–water partition coefficient (Wildman–Crippen LogP) is 3.93. The fourth-order valence-electron chi connectivity index (χ4n) is 3.14. The Morgan fingerprint density at radius 1 is 1.19 bits per heavy atom. The first-order valence-electron chi connectivity index (χ1n) is 8.82. The van der Waals surface area contributed by atoms with Crippen LogP contribution in [0.3, 0.4) is 0 Å². The molecule has 0 spiro atoms. The average molecular weight is 418 g/mol. The molecule has 0 atom stereocenters. The molecular weight excluding hydrogens is 394 g/mol. The van der Waals surface area contributed by atoms with E-state index in [0.29, 0.717) is 6.54 Å². The fourth-order valence-corrected chi connectivity index (χ4v) is 3.59. The lowest BCUT2D eigenvalue weighted by Crippen LogP contribution is -2.47. The number of hydrogen-bond acceptors (Lipinski definition) is 3. The zero-order valence-electron chi connectivity index (χ0n) is 14.9. The van der Waals surface area contributed by atoms with E-state index in [0.717, 1.165) is 41.7 Å². The Bertz CT molecular complexity index is 728. The third kappa shape index (κ3) is 5.14. The van der Waals surface area contributed by atoms with E-state index >= 15 is 0 Å². The number of benzene rings is 2. The van der Waals surface area contributed by atoms with E-state index in [1.165, 1.54) is 5.69 Å². The number of amides is 2. The molecule has 2 N–H and O–H groups in total. The number of carbonyl (C=O) groups excluding carboxylic acids is 1. The van der Waals surface area contributed by atoms with Crippen molar-refractivity contribution in [3.8, 4) is 5.75 Å². The summed E-state index contributed by atoms with van der Waals surface area (Å²) in [7, 11) is 1.67. The number of piperidine rings is 1. The maximum Gasteiger partial charge on any atom is 0.315 e. The molecule has 2 amide bonds. The van der Waals surface area contributed by atoms with Crippen molar-refractivity contribution < 1.29 is 9.53 Å². The van der Waals surface area contributed by atoms with Gasteiger partial charge in [-0.1, -0.05) is 28.1 Å². The van der Waals surface area contributed by atoms with Crippen LogP contribution in [0.5, 0.6) is 5.75 Å². The maximum absolute atomic E-state index is 12.1. The third-order valence-electron chi connectivity index (χ3n) is 4.61. The van der Waals surface area contributed by atoms with E-state index in [2.05, 4.69) is 43.6 Å². The maximum atomic E-state index is 12.1. The Labute approximate surface area is 162 Å². The molecule has 2 aromatic rings. The van der Waals surface area contributed by atoms with Crippen LogP contribution in [0, 0.1) is 0 Å². The summed E-state index contributed by atoms with van der Waals surface area (Å²) in [5.41, 5.74) is 2.27. The number of hydrogen-bond donors (Lipinski definition) is 2. The predicted molar refractivity (Wildman–Crippen MR) is 108 cm³/mol. The van der Waals surface area contributed by atoms with Crippen LogP contribution >= 0.6 is 15.9 Å². The molecule has 1 saturated heterocycles. The Morgan fingerprint density at radius 2 is 1.92 bits per heavy atom. The summed E-state index contributed by atoms with van der Waals surface area (Å²) in [6.07, 6.45) is 1.88. The van der Waals surface area contributed by atoms with E-state index in [1.54, 1.807) is 7.11 Å². The Morgan fingerprint density at radius 3 is 2.58 bits per heavy atom. The highest BCUT2D eigenvalue weighted by Gasteiger charge is 2.20. The quantitative estimate of drug-likeness (QED) is 0.774. The highest BCUT2D eigenvalue weighted by atomic mass is 79.9. The number of ether oxygens (including phenoxy) is 1. The molecule has 0 unspecified atom stereocenters. The van der Waals surface area contributed by atoms with Crippen LogP contribution in [-0.4, -0.2) is 32.3 Å². The number of nitrogens with one attached hydrogen (secondary N) is 2. The minimum atomic E-state index is -0.104. The lowest BCUT2D eigenvalue weighted by atomic mass is 10.0. The minimum absolute atomic E-state index is 0.104. The standard InChI is InChI=1S/C20H24BrN3O2/c1-26-19-7-5-18(6-8-19)24-11-9-17(10-12-24)23-20(25)22-14-15-3-2-4-16(21)13-15/h2-8,13,17H,9-12,14H2,1H3,(H2,22,23,25). The van der Waals surface area contributed by atoms with Gasteiger partial charge < -0.3 is 20.3 Å². The molecule has 0 saturated carbocycles. The Balaban J connectivity index is 1.42. The number of anilines is 1. The molecule has 3 rings (SSSR count). The number of urea groups is 1. The molecule has 0 radical (unpaired) electrons. The van der Waals surface area contributed by atoms with Crippen molar-refractivity contribution in [1.29, 1.82) is 0 Å². The molecule has 1 heterocycles. The summed E-state index contributed by atoms with van der Waals surface area (Å²) in [5.74, 6) is 0.868. The molecule has 5 nitrogen and oxygen atoms in total. The topological polar surface area (TPSA) is 53.6 Å². The van der Waals surface area contributed by atoms with Crippen LogP contribution in [-0.2, 0) is 6.54 Å². The van der Waals surface area contributed by atoms with Gasteiger partial charge in [0.15, 0.2) is 0 Å². The number of nitrogens with zero attached hydrogens (tertiary/aromatic N) is 1. The SMILES string of the molecule is COc1ccc(N2CCC(NC(=O)NCc3cccc(Br)c3)CC2)cc1. The van der Waals surface area contributed by atoms with Crippen LogP contribution < -0.4 is 20.3 Å². The lowest BCUT2D eigenvalue weighted by Gasteiger charge is -2.34. The summed E-state index contributed by atoms with van der Waals surface area (Å²) in [6, 6.07) is 16.2. The summed E-state index contributed by atoms with van der Waals surface area (Å²) in [4.78, 5) is 14.5. The second-order valence-electron chi connectivity index (χ2n) is 6.42. The molecule has 0 aromatic heterocycles. The summed E-state index contributed by atoms with van der Waals surface area (Å²) in [6.45, 7) is 2.39. The van der Waals surface area contributed by atoms with Gasteiger partial charge in [0.25, 0.3) is 0 Å². The molecule has 2 aromatic carbocycles. The van der Waals surface area contributed by atoms with E-state index in [-0.39, 0.29) is 12.1 Å². The highest BCUT2D eigenvalue weighted by Crippen LogP contribution is 2.22. The Hall–Kier alpha value is -2.21.